The maximum Gasteiger partial charge on any atom is 0.416 e. The summed E-state index contributed by atoms with van der Waals surface area (Å²) in [7, 11) is 0. The number of nitrogens with one attached hydrogen (secondary N) is 2. The first-order chi connectivity index (χ1) is 17.4. The molecule has 3 aromatic carbocycles. The Morgan fingerprint density at radius 3 is 2.54 bits per heavy atom. The van der Waals surface area contributed by atoms with E-state index in [1.54, 1.807) is 6.07 Å². The first kappa shape index (κ1) is 26.1. The molecule has 6 nitrogen and oxygen atoms in total. The van der Waals surface area contributed by atoms with Crippen LogP contribution in [-0.4, -0.2) is 16.9 Å². The van der Waals surface area contributed by atoms with Crippen LogP contribution in [0.1, 0.15) is 61.5 Å². The average molecular weight is 536 g/mol. The molecule has 1 aliphatic rings. The number of aliphatic hydroxyl groups excluding tert-OH is 1. The van der Waals surface area contributed by atoms with E-state index in [0.717, 1.165) is 12.1 Å². The zero-order chi connectivity index (χ0) is 27.1. The summed E-state index contributed by atoms with van der Waals surface area (Å²) < 4.78 is 67.3. The van der Waals surface area contributed by atoms with Gasteiger partial charge < -0.3 is 15.7 Å². The predicted octanol–water partition coefficient (Wildman–Crippen LogP) is 5.67. The number of nitrogens with zero attached hydrogens (tertiary/aromatic N) is 1. The van der Waals surface area contributed by atoms with Gasteiger partial charge >= 0.3 is 6.18 Å². The summed E-state index contributed by atoms with van der Waals surface area (Å²) in [5.41, 5.74) is -1.98. The van der Waals surface area contributed by atoms with E-state index in [-0.39, 0.29) is 45.5 Å². The van der Waals surface area contributed by atoms with Gasteiger partial charge in [0.1, 0.15) is 11.6 Å². The Hall–Kier alpha value is -4.01. The number of hydrogen-bond donors (Lipinski definition) is 3. The van der Waals surface area contributed by atoms with E-state index in [1.807, 2.05) is 0 Å². The number of hydrogen-bond acceptors (Lipinski definition) is 4. The number of halogens is 6. The summed E-state index contributed by atoms with van der Waals surface area (Å²) in [4.78, 5) is 25.8. The second-order valence-corrected chi connectivity index (χ2v) is 8.57. The Labute approximate surface area is 211 Å². The monoisotopic (exact) mass is 535 g/mol. The average Bonchev–Trinajstić information content (AvgIpc) is 3.16. The molecule has 0 unspecified atom stereocenters. The lowest BCUT2D eigenvalue weighted by Crippen LogP contribution is -2.21. The molecule has 1 heterocycles. The zero-order valence-electron chi connectivity index (χ0n) is 18.5. The van der Waals surface area contributed by atoms with Crippen molar-refractivity contribution in [2.24, 2.45) is 0 Å². The molecule has 0 fully saturated rings. The lowest BCUT2D eigenvalue weighted by Gasteiger charge is -2.20. The molecule has 190 valence electrons. The van der Waals surface area contributed by atoms with E-state index in [9.17, 15) is 36.6 Å². The van der Waals surface area contributed by atoms with Crippen molar-refractivity contribution in [3.63, 3.8) is 0 Å². The minimum atomic E-state index is -4.92. The molecule has 1 aliphatic heterocycles. The second kappa shape index (κ2) is 9.80. The van der Waals surface area contributed by atoms with Crippen molar-refractivity contribution in [2.75, 3.05) is 5.32 Å². The molecule has 0 aromatic heterocycles. The highest BCUT2D eigenvalue weighted by Crippen LogP contribution is 2.41. The van der Waals surface area contributed by atoms with Crippen molar-refractivity contribution in [3.8, 4) is 6.07 Å². The zero-order valence-corrected chi connectivity index (χ0v) is 19.2. The van der Waals surface area contributed by atoms with Gasteiger partial charge in [-0.2, -0.15) is 18.4 Å². The van der Waals surface area contributed by atoms with Crippen LogP contribution < -0.4 is 10.6 Å². The summed E-state index contributed by atoms with van der Waals surface area (Å²) in [6.07, 6.45) is -6.66. The maximum absolute atomic E-state index is 14.0. The third-order valence-corrected chi connectivity index (χ3v) is 6.03. The van der Waals surface area contributed by atoms with Crippen molar-refractivity contribution < 1.29 is 36.6 Å². The van der Waals surface area contributed by atoms with E-state index in [1.165, 1.54) is 18.2 Å². The molecule has 0 spiro atoms. The fraction of sp³-hybridized carbons (Fsp3) is 0.160. The molecule has 0 radical (unpaired) electrons. The topological polar surface area (TPSA) is 102 Å². The molecule has 0 bridgehead atoms. The lowest BCUT2D eigenvalue weighted by atomic mass is 9.92. The first-order valence-electron chi connectivity index (χ1n) is 10.6. The summed E-state index contributed by atoms with van der Waals surface area (Å²) in [6, 6.07) is 7.88. The Morgan fingerprint density at radius 1 is 1.14 bits per heavy atom. The standard InChI is InChI=1S/C25H15ClF5N3O3/c26-18-2-1-14(27)10-16(18)22-21-17(24(37)34-22)7-11(20(35)3-4-32)8-19(21)33-23(36)12-5-13(25(29,30)31)9-15(28)6-12/h1-2,5-10,20,22,35H,3H2,(H,33,36)(H,34,37)/t20-,22+/m0/s1. The van der Waals surface area contributed by atoms with Crippen LogP contribution in [0.2, 0.25) is 5.02 Å². The van der Waals surface area contributed by atoms with Crippen LogP contribution in [-0.2, 0) is 6.18 Å². The van der Waals surface area contributed by atoms with Gasteiger partial charge in [-0.1, -0.05) is 11.6 Å². The summed E-state index contributed by atoms with van der Waals surface area (Å²) in [5.74, 6) is -3.80. The number of carbonyl (C=O) groups is 2. The van der Waals surface area contributed by atoms with Crippen molar-refractivity contribution in [2.45, 2.75) is 24.7 Å². The first-order valence-corrected chi connectivity index (χ1v) is 10.9. The fourth-order valence-electron chi connectivity index (χ4n) is 4.00. The number of alkyl halides is 3. The minimum Gasteiger partial charge on any atom is -0.387 e. The molecule has 0 saturated carbocycles. The Morgan fingerprint density at radius 2 is 1.86 bits per heavy atom. The van der Waals surface area contributed by atoms with Crippen LogP contribution in [0.4, 0.5) is 27.6 Å². The number of amides is 2. The van der Waals surface area contributed by atoms with Gasteiger partial charge in [0, 0.05) is 33.0 Å². The number of nitriles is 1. The summed E-state index contributed by atoms with van der Waals surface area (Å²) in [6.45, 7) is 0. The maximum atomic E-state index is 14.0. The number of carbonyl (C=O) groups excluding carboxylic acids is 2. The molecule has 3 N–H and O–H groups in total. The Bertz CT molecular complexity index is 1470. The second-order valence-electron chi connectivity index (χ2n) is 8.16. The van der Waals surface area contributed by atoms with E-state index >= 15 is 0 Å². The van der Waals surface area contributed by atoms with Crippen molar-refractivity contribution in [1.82, 2.24) is 5.32 Å². The highest BCUT2D eigenvalue weighted by molar-refractivity contribution is 6.31. The molecule has 37 heavy (non-hydrogen) atoms. The number of aliphatic hydroxyl groups is 1. The highest BCUT2D eigenvalue weighted by Gasteiger charge is 2.36. The van der Waals surface area contributed by atoms with Crippen LogP contribution in [0.15, 0.2) is 48.5 Å². The largest absolute Gasteiger partial charge is 0.416 e. The van der Waals surface area contributed by atoms with Gasteiger partial charge in [0.15, 0.2) is 0 Å². The summed E-state index contributed by atoms with van der Waals surface area (Å²) in [5, 5.41) is 24.3. The van der Waals surface area contributed by atoms with E-state index < -0.39 is 52.9 Å². The molecule has 0 saturated heterocycles. The normalized spacial score (nSPS) is 15.5. The van der Waals surface area contributed by atoms with Gasteiger partial charge in [-0.05, 0) is 54.1 Å². The number of benzene rings is 3. The van der Waals surface area contributed by atoms with Gasteiger partial charge in [-0.15, -0.1) is 0 Å². The molecule has 4 rings (SSSR count). The van der Waals surface area contributed by atoms with Gasteiger partial charge in [0.05, 0.1) is 30.2 Å². The van der Waals surface area contributed by atoms with Gasteiger partial charge in [0.2, 0.25) is 0 Å². The number of rotatable bonds is 5. The predicted molar refractivity (Wildman–Crippen MR) is 122 cm³/mol. The van der Waals surface area contributed by atoms with Crippen LogP contribution in [0.5, 0.6) is 0 Å². The molecule has 3 aromatic rings. The molecule has 0 aliphatic carbocycles. The van der Waals surface area contributed by atoms with Crippen molar-refractivity contribution >= 4 is 29.1 Å². The van der Waals surface area contributed by atoms with Crippen LogP contribution in [0.25, 0.3) is 0 Å². The molecular formula is C25H15ClF5N3O3. The van der Waals surface area contributed by atoms with Gasteiger partial charge in [0.25, 0.3) is 11.8 Å². The van der Waals surface area contributed by atoms with Crippen molar-refractivity contribution in [1.29, 1.82) is 5.26 Å². The van der Waals surface area contributed by atoms with E-state index in [4.69, 9.17) is 16.9 Å². The van der Waals surface area contributed by atoms with Gasteiger partial charge in [-0.25, -0.2) is 8.78 Å². The van der Waals surface area contributed by atoms with Crippen LogP contribution in [0, 0.1) is 23.0 Å². The molecular weight excluding hydrogens is 521 g/mol. The molecule has 12 heteroatoms. The van der Waals surface area contributed by atoms with Crippen LogP contribution in [0.3, 0.4) is 0 Å². The van der Waals surface area contributed by atoms with Crippen molar-refractivity contribution in [3.05, 3.63) is 98.6 Å². The lowest BCUT2D eigenvalue weighted by molar-refractivity contribution is -0.137. The Balaban J connectivity index is 1.85. The summed E-state index contributed by atoms with van der Waals surface area (Å²) >= 11 is 6.22. The minimum absolute atomic E-state index is 0.0481. The van der Waals surface area contributed by atoms with E-state index in [0.29, 0.717) is 12.1 Å². The quantitative estimate of drug-likeness (QED) is 0.366. The number of anilines is 1. The molecule has 2 amide bonds. The third kappa shape index (κ3) is 5.26. The SMILES string of the molecule is N#CC[C@H](O)c1cc(NC(=O)c2cc(F)cc(C(F)(F)F)c2)c2c(c1)C(=O)N[C@@H]2c1cc(F)ccc1Cl. The van der Waals surface area contributed by atoms with Crippen LogP contribution >= 0.6 is 11.6 Å². The molecule has 2 atom stereocenters. The Kier molecular flexibility index (Phi) is 6.90. The van der Waals surface area contributed by atoms with Gasteiger partial charge in [-0.3, -0.25) is 9.59 Å². The number of fused-ring (bicyclic) bond motifs is 1. The fourth-order valence-corrected chi connectivity index (χ4v) is 4.23. The van der Waals surface area contributed by atoms with E-state index in [2.05, 4.69) is 10.6 Å². The third-order valence-electron chi connectivity index (χ3n) is 5.69. The smallest absolute Gasteiger partial charge is 0.387 e. The highest BCUT2D eigenvalue weighted by atomic mass is 35.5.